The summed E-state index contributed by atoms with van der Waals surface area (Å²) in [6.07, 6.45) is -0.782. The molecule has 5 heteroatoms. The molecule has 0 spiro atoms. The van der Waals surface area contributed by atoms with Gasteiger partial charge in [0.25, 0.3) is 0 Å². The fourth-order valence-electron chi connectivity index (χ4n) is 1.31. The van der Waals surface area contributed by atoms with Crippen molar-refractivity contribution in [1.82, 2.24) is 0 Å². The molecule has 0 amide bonds. The number of esters is 2. The summed E-state index contributed by atoms with van der Waals surface area (Å²) in [6, 6.07) is 4.94. The van der Waals surface area contributed by atoms with Gasteiger partial charge in [-0.15, -0.1) is 0 Å². The number of rotatable bonds is 2. The lowest BCUT2D eigenvalue weighted by atomic mass is 10.2. The summed E-state index contributed by atoms with van der Waals surface area (Å²) < 4.78 is 22.7. The normalized spacial score (nSPS) is 11.9. The van der Waals surface area contributed by atoms with Crippen LogP contribution in [0.1, 0.15) is 38.1 Å². The number of carbonyl (C=O) groups excluding carboxylic acids is 2. The number of hydrogen-bond donors (Lipinski definition) is 0. The lowest BCUT2D eigenvalue weighted by Gasteiger charge is -2.17. The van der Waals surface area contributed by atoms with Crippen LogP contribution in [0.5, 0.6) is 0 Å². The van der Waals surface area contributed by atoms with E-state index in [1.165, 1.54) is 19.1 Å². The maximum atomic E-state index is 12.7. The van der Waals surface area contributed by atoms with E-state index in [-0.39, 0.29) is 5.56 Å². The van der Waals surface area contributed by atoms with Gasteiger partial charge < -0.3 is 9.47 Å². The maximum Gasteiger partial charge on any atom is 0.384 e. The Balaban J connectivity index is 2.58. The van der Waals surface area contributed by atoms with Crippen LogP contribution in [0, 0.1) is 17.7 Å². The Hall–Kier alpha value is -2.35. The average molecular weight is 292 g/mol. The van der Waals surface area contributed by atoms with Crippen molar-refractivity contribution in [3.05, 3.63) is 35.6 Å². The molecular weight excluding hydrogens is 275 g/mol. The summed E-state index contributed by atoms with van der Waals surface area (Å²) >= 11 is 0. The van der Waals surface area contributed by atoms with E-state index in [9.17, 15) is 14.0 Å². The highest BCUT2D eigenvalue weighted by molar-refractivity contribution is 5.90. The van der Waals surface area contributed by atoms with Crippen molar-refractivity contribution in [2.45, 2.75) is 39.4 Å². The van der Waals surface area contributed by atoms with Crippen LogP contribution >= 0.6 is 0 Å². The first-order valence-corrected chi connectivity index (χ1v) is 6.38. The van der Waals surface area contributed by atoms with E-state index in [1.54, 1.807) is 20.8 Å². The van der Waals surface area contributed by atoms with E-state index in [0.29, 0.717) is 0 Å². The molecule has 4 nitrogen and oxygen atoms in total. The number of ether oxygens (including phenoxy) is 2. The largest absolute Gasteiger partial charge is 0.450 e. The van der Waals surface area contributed by atoms with E-state index in [4.69, 9.17) is 9.47 Å². The molecule has 1 aromatic rings. The molecule has 0 fully saturated rings. The molecule has 1 rings (SSSR count). The Bertz CT molecular complexity index is 573. The van der Waals surface area contributed by atoms with Gasteiger partial charge in [0.05, 0.1) is 5.56 Å². The smallest absolute Gasteiger partial charge is 0.384 e. The van der Waals surface area contributed by atoms with Gasteiger partial charge in [-0.25, -0.2) is 14.0 Å². The molecule has 0 heterocycles. The molecule has 0 aliphatic heterocycles. The number of carbonyl (C=O) groups is 2. The van der Waals surface area contributed by atoms with Gasteiger partial charge in [-0.3, -0.25) is 0 Å². The van der Waals surface area contributed by atoms with Crippen LogP contribution in [0.2, 0.25) is 0 Å². The molecular formula is C16H17FO4. The number of benzene rings is 1. The first-order valence-electron chi connectivity index (χ1n) is 6.38. The van der Waals surface area contributed by atoms with Crippen LogP contribution in [0.25, 0.3) is 0 Å². The molecule has 21 heavy (non-hydrogen) atoms. The molecule has 112 valence electrons. The third kappa shape index (κ3) is 6.57. The highest BCUT2D eigenvalue weighted by atomic mass is 19.1. The molecule has 0 bridgehead atoms. The molecule has 0 saturated heterocycles. The Morgan fingerprint density at radius 1 is 1.19 bits per heavy atom. The van der Waals surface area contributed by atoms with Gasteiger partial charge in [-0.1, -0.05) is 0 Å². The van der Waals surface area contributed by atoms with Crippen molar-refractivity contribution < 1.29 is 23.5 Å². The van der Waals surface area contributed by atoms with Crippen molar-refractivity contribution in [2.75, 3.05) is 0 Å². The van der Waals surface area contributed by atoms with Crippen LogP contribution in [-0.2, 0) is 14.3 Å². The lowest BCUT2D eigenvalue weighted by Crippen LogP contribution is -2.23. The van der Waals surface area contributed by atoms with Crippen molar-refractivity contribution >= 4 is 11.9 Å². The zero-order valence-electron chi connectivity index (χ0n) is 12.4. The maximum absolute atomic E-state index is 12.7. The first-order chi connectivity index (χ1) is 9.67. The van der Waals surface area contributed by atoms with Crippen LogP contribution < -0.4 is 0 Å². The van der Waals surface area contributed by atoms with Gasteiger partial charge in [-0.2, -0.15) is 0 Å². The minimum absolute atomic E-state index is 0.210. The molecule has 1 aromatic carbocycles. The van der Waals surface area contributed by atoms with Gasteiger partial charge in [0, 0.05) is 5.92 Å². The molecule has 0 radical (unpaired) electrons. The second-order valence-corrected chi connectivity index (χ2v) is 5.33. The summed E-state index contributed by atoms with van der Waals surface area (Å²) in [7, 11) is 0. The third-order valence-electron chi connectivity index (χ3n) is 2.14. The predicted molar refractivity (Wildman–Crippen MR) is 74.9 cm³/mol. The highest BCUT2D eigenvalue weighted by Crippen LogP contribution is 2.07. The Morgan fingerprint density at radius 2 is 1.76 bits per heavy atom. The van der Waals surface area contributed by atoms with Gasteiger partial charge in [0.2, 0.25) is 0 Å². The first kappa shape index (κ1) is 16.7. The predicted octanol–water partition coefficient (Wildman–Crippen LogP) is 2.72. The third-order valence-corrected chi connectivity index (χ3v) is 2.14. The summed E-state index contributed by atoms with van der Waals surface area (Å²) in [4.78, 5) is 23.1. The molecule has 1 unspecified atom stereocenters. The topological polar surface area (TPSA) is 52.6 Å². The summed E-state index contributed by atoms with van der Waals surface area (Å²) in [5.74, 6) is 2.97. The van der Waals surface area contributed by atoms with Gasteiger partial charge >= 0.3 is 11.9 Å². The van der Waals surface area contributed by atoms with Crippen LogP contribution in [0.3, 0.4) is 0 Å². The highest BCUT2D eigenvalue weighted by Gasteiger charge is 2.15. The standard InChI is InChI=1S/C16H17FO4/c1-11(5-10-14(18)21-16(2,3)4)20-15(19)12-6-8-13(17)9-7-12/h6-9,11H,1-4H3. The number of halogens is 1. The van der Waals surface area contributed by atoms with Gasteiger partial charge in [0.1, 0.15) is 11.4 Å². The Kier molecular flexibility index (Phi) is 5.48. The zero-order chi connectivity index (χ0) is 16.0. The number of hydrogen-bond acceptors (Lipinski definition) is 4. The molecule has 1 atom stereocenters. The Morgan fingerprint density at radius 3 is 2.29 bits per heavy atom. The van der Waals surface area contributed by atoms with Gasteiger partial charge in [0.15, 0.2) is 6.10 Å². The second-order valence-electron chi connectivity index (χ2n) is 5.33. The quantitative estimate of drug-likeness (QED) is 0.478. The van der Waals surface area contributed by atoms with E-state index in [2.05, 4.69) is 11.8 Å². The second kappa shape index (κ2) is 6.89. The van der Waals surface area contributed by atoms with Crippen LogP contribution in [0.15, 0.2) is 24.3 Å². The van der Waals surface area contributed by atoms with Crippen molar-refractivity contribution in [1.29, 1.82) is 0 Å². The van der Waals surface area contributed by atoms with E-state index >= 15 is 0 Å². The SMILES string of the molecule is CC(C#CC(=O)OC(C)(C)C)OC(=O)c1ccc(F)cc1. The monoisotopic (exact) mass is 292 g/mol. The average Bonchev–Trinajstić information content (AvgIpc) is 2.35. The van der Waals surface area contributed by atoms with Gasteiger partial charge in [-0.05, 0) is 57.9 Å². The molecule has 0 saturated carbocycles. The van der Waals surface area contributed by atoms with Crippen molar-refractivity contribution in [3.63, 3.8) is 0 Å². The fourth-order valence-corrected chi connectivity index (χ4v) is 1.31. The summed E-state index contributed by atoms with van der Waals surface area (Å²) in [5.41, 5.74) is -0.415. The van der Waals surface area contributed by atoms with Crippen LogP contribution in [-0.4, -0.2) is 23.6 Å². The molecule has 0 aliphatic rings. The minimum atomic E-state index is -0.782. The summed E-state index contributed by atoms with van der Waals surface area (Å²) in [6.45, 7) is 6.71. The molecule has 0 aromatic heterocycles. The zero-order valence-corrected chi connectivity index (χ0v) is 12.4. The van der Waals surface area contributed by atoms with Crippen molar-refractivity contribution in [2.24, 2.45) is 0 Å². The molecule has 0 N–H and O–H groups in total. The lowest BCUT2D eigenvalue weighted by molar-refractivity contribution is -0.147. The molecule has 0 aliphatic carbocycles. The van der Waals surface area contributed by atoms with E-state index in [0.717, 1.165) is 12.1 Å². The fraction of sp³-hybridized carbons (Fsp3) is 0.375. The minimum Gasteiger partial charge on any atom is -0.450 e. The van der Waals surface area contributed by atoms with Crippen LogP contribution in [0.4, 0.5) is 4.39 Å². The van der Waals surface area contributed by atoms with Crippen molar-refractivity contribution in [3.8, 4) is 11.8 Å². The summed E-state index contributed by atoms with van der Waals surface area (Å²) in [5, 5.41) is 0. The Labute approximate surface area is 123 Å². The van der Waals surface area contributed by atoms with E-state index in [1.807, 2.05) is 0 Å². The van der Waals surface area contributed by atoms with E-state index < -0.39 is 29.5 Å².